The molecule has 0 saturated carbocycles. The lowest BCUT2D eigenvalue weighted by molar-refractivity contribution is 0.913. The van der Waals surface area contributed by atoms with Crippen LogP contribution in [0.5, 0.6) is 0 Å². The van der Waals surface area contributed by atoms with Crippen molar-refractivity contribution in [1.29, 1.82) is 0 Å². The molecule has 0 saturated heterocycles. The van der Waals surface area contributed by atoms with E-state index in [4.69, 9.17) is 4.98 Å². The van der Waals surface area contributed by atoms with Crippen molar-refractivity contribution in [2.45, 2.75) is 10.9 Å². The molecule has 5 rings (SSSR count). The first kappa shape index (κ1) is 16.0. The van der Waals surface area contributed by atoms with Gasteiger partial charge >= 0.3 is 0 Å². The summed E-state index contributed by atoms with van der Waals surface area (Å²) in [6.07, 6.45) is 0. The molecule has 0 bridgehead atoms. The number of fused-ring (bicyclic) bond motifs is 3. The predicted octanol–water partition coefficient (Wildman–Crippen LogP) is 5.24. The van der Waals surface area contributed by atoms with Crippen molar-refractivity contribution < 1.29 is 0 Å². The minimum absolute atomic E-state index is 0.836. The molecule has 0 aliphatic carbocycles. The normalized spacial score (nSPS) is 11.3. The van der Waals surface area contributed by atoms with Gasteiger partial charge in [-0.05, 0) is 17.7 Å². The van der Waals surface area contributed by atoms with Gasteiger partial charge in [0.15, 0.2) is 10.8 Å². The second-order valence-corrected chi connectivity index (χ2v) is 7.18. The molecule has 5 heteroatoms. The molecule has 2 aromatic heterocycles. The number of benzene rings is 3. The van der Waals surface area contributed by atoms with E-state index in [2.05, 4.69) is 51.0 Å². The van der Waals surface area contributed by atoms with Crippen LogP contribution in [0.1, 0.15) is 5.56 Å². The number of rotatable bonds is 4. The summed E-state index contributed by atoms with van der Waals surface area (Å²) in [5.74, 6) is 1.70. The van der Waals surface area contributed by atoms with Crippen molar-refractivity contribution >= 4 is 28.3 Å². The highest BCUT2D eigenvalue weighted by molar-refractivity contribution is 7.98. The van der Waals surface area contributed by atoms with Gasteiger partial charge in [-0.25, -0.2) is 4.98 Å². The van der Waals surface area contributed by atoms with Crippen molar-refractivity contribution in [2.24, 2.45) is 0 Å². The zero-order valence-electron chi connectivity index (χ0n) is 14.5. The lowest BCUT2D eigenvalue weighted by atomic mass is 10.2. The number of aromatic nitrogens is 4. The van der Waals surface area contributed by atoms with Crippen LogP contribution in [0.15, 0.2) is 90.1 Å². The third-order valence-electron chi connectivity index (χ3n) is 4.46. The van der Waals surface area contributed by atoms with Crippen molar-refractivity contribution in [1.82, 2.24) is 19.6 Å². The van der Waals surface area contributed by atoms with E-state index in [1.807, 2.05) is 48.5 Å². The lowest BCUT2D eigenvalue weighted by Crippen LogP contribution is -1.99. The van der Waals surface area contributed by atoms with E-state index in [0.29, 0.717) is 0 Å². The Hall–Kier alpha value is -3.18. The fourth-order valence-electron chi connectivity index (χ4n) is 3.16. The Balaban J connectivity index is 1.69. The van der Waals surface area contributed by atoms with Gasteiger partial charge in [-0.3, -0.25) is 4.40 Å². The highest BCUT2D eigenvalue weighted by Crippen LogP contribution is 2.30. The second-order valence-electron chi connectivity index (χ2n) is 6.23. The third-order valence-corrected chi connectivity index (χ3v) is 5.46. The second kappa shape index (κ2) is 6.85. The van der Waals surface area contributed by atoms with Gasteiger partial charge in [0.2, 0.25) is 0 Å². The quantitative estimate of drug-likeness (QED) is 0.407. The van der Waals surface area contributed by atoms with Crippen LogP contribution in [0, 0.1) is 0 Å². The summed E-state index contributed by atoms with van der Waals surface area (Å²) in [5.41, 5.74) is 4.08. The standard InChI is InChI=1S/C22H16N4S/c1-3-9-16(10-4-1)15-27-22-25-24-21-18-13-7-8-14-19(18)23-20(26(21)22)17-11-5-2-6-12-17/h1-14H,15H2. The van der Waals surface area contributed by atoms with E-state index in [9.17, 15) is 0 Å². The van der Waals surface area contributed by atoms with Crippen LogP contribution in [0.4, 0.5) is 0 Å². The Bertz CT molecular complexity index is 1220. The van der Waals surface area contributed by atoms with Crippen molar-refractivity contribution in [3.8, 4) is 11.4 Å². The van der Waals surface area contributed by atoms with Crippen LogP contribution in [-0.2, 0) is 5.75 Å². The first-order valence-corrected chi connectivity index (χ1v) is 9.75. The van der Waals surface area contributed by atoms with Crippen LogP contribution in [0.25, 0.3) is 27.9 Å². The smallest absolute Gasteiger partial charge is 0.197 e. The van der Waals surface area contributed by atoms with Crippen molar-refractivity contribution in [3.63, 3.8) is 0 Å². The van der Waals surface area contributed by atoms with Crippen LogP contribution >= 0.6 is 11.8 Å². The molecule has 0 aliphatic heterocycles. The molecule has 130 valence electrons. The van der Waals surface area contributed by atoms with Crippen molar-refractivity contribution in [2.75, 3.05) is 0 Å². The molecule has 2 heterocycles. The van der Waals surface area contributed by atoms with E-state index in [0.717, 1.165) is 38.8 Å². The Kier molecular flexibility index (Phi) is 4.07. The summed E-state index contributed by atoms with van der Waals surface area (Å²) in [4.78, 5) is 4.93. The zero-order chi connectivity index (χ0) is 18.1. The minimum Gasteiger partial charge on any atom is -0.253 e. The van der Waals surface area contributed by atoms with Crippen LogP contribution in [0.2, 0.25) is 0 Å². The highest BCUT2D eigenvalue weighted by Gasteiger charge is 2.16. The van der Waals surface area contributed by atoms with E-state index < -0.39 is 0 Å². The third kappa shape index (κ3) is 2.96. The number of nitrogens with zero attached hydrogens (tertiary/aromatic N) is 4. The molecule has 0 N–H and O–H groups in total. The number of thioether (sulfide) groups is 1. The molecular formula is C22H16N4S. The van der Waals surface area contributed by atoms with Gasteiger partial charge in [0, 0.05) is 16.7 Å². The summed E-state index contributed by atoms with van der Waals surface area (Å²) in [6.45, 7) is 0. The van der Waals surface area contributed by atoms with Gasteiger partial charge in [0.25, 0.3) is 0 Å². The average Bonchev–Trinajstić information content (AvgIpc) is 3.17. The van der Waals surface area contributed by atoms with Crippen LogP contribution in [-0.4, -0.2) is 19.6 Å². The molecule has 4 nitrogen and oxygen atoms in total. The van der Waals surface area contributed by atoms with E-state index in [1.54, 1.807) is 11.8 Å². The maximum atomic E-state index is 4.93. The molecule has 27 heavy (non-hydrogen) atoms. The van der Waals surface area contributed by atoms with Gasteiger partial charge in [-0.1, -0.05) is 84.6 Å². The largest absolute Gasteiger partial charge is 0.253 e. The summed E-state index contributed by atoms with van der Waals surface area (Å²) >= 11 is 1.68. The van der Waals surface area contributed by atoms with Gasteiger partial charge in [-0.15, -0.1) is 10.2 Å². The summed E-state index contributed by atoms with van der Waals surface area (Å²) in [7, 11) is 0. The molecular weight excluding hydrogens is 352 g/mol. The fraction of sp³-hybridized carbons (Fsp3) is 0.0455. The molecule has 0 radical (unpaired) electrons. The summed E-state index contributed by atoms with van der Waals surface area (Å²) in [5, 5.41) is 10.8. The lowest BCUT2D eigenvalue weighted by Gasteiger charge is -2.09. The topological polar surface area (TPSA) is 43.1 Å². The maximum absolute atomic E-state index is 4.93. The molecule has 0 atom stereocenters. The molecule has 0 unspecified atom stereocenters. The Labute approximate surface area is 160 Å². The van der Waals surface area contributed by atoms with E-state index in [-0.39, 0.29) is 0 Å². The predicted molar refractivity (Wildman–Crippen MR) is 110 cm³/mol. The molecule has 3 aromatic carbocycles. The fourth-order valence-corrected chi connectivity index (χ4v) is 4.04. The maximum Gasteiger partial charge on any atom is 0.197 e. The molecule has 0 aliphatic rings. The average molecular weight is 368 g/mol. The number of hydrogen-bond donors (Lipinski definition) is 0. The van der Waals surface area contributed by atoms with E-state index >= 15 is 0 Å². The van der Waals surface area contributed by atoms with Crippen LogP contribution < -0.4 is 0 Å². The summed E-state index contributed by atoms with van der Waals surface area (Å²) in [6, 6.07) is 28.7. The van der Waals surface area contributed by atoms with Crippen LogP contribution in [0.3, 0.4) is 0 Å². The summed E-state index contributed by atoms with van der Waals surface area (Å²) < 4.78 is 2.07. The number of para-hydroxylation sites is 1. The van der Waals surface area contributed by atoms with Gasteiger partial charge in [0.05, 0.1) is 5.52 Å². The zero-order valence-corrected chi connectivity index (χ0v) is 15.3. The Morgan fingerprint density at radius 1 is 0.741 bits per heavy atom. The molecule has 0 amide bonds. The first-order valence-electron chi connectivity index (χ1n) is 8.76. The monoisotopic (exact) mass is 368 g/mol. The Morgan fingerprint density at radius 3 is 2.26 bits per heavy atom. The minimum atomic E-state index is 0.836. The highest BCUT2D eigenvalue weighted by atomic mass is 32.2. The van der Waals surface area contributed by atoms with Gasteiger partial charge < -0.3 is 0 Å². The Morgan fingerprint density at radius 2 is 1.44 bits per heavy atom. The van der Waals surface area contributed by atoms with Gasteiger partial charge in [0.1, 0.15) is 5.82 Å². The number of hydrogen-bond acceptors (Lipinski definition) is 4. The SMILES string of the molecule is c1ccc(CSc2nnc3c4ccccc4nc(-c4ccccc4)n23)cc1. The molecule has 0 fully saturated rings. The molecule has 0 spiro atoms. The first-order chi connectivity index (χ1) is 13.4. The van der Waals surface area contributed by atoms with Crippen molar-refractivity contribution in [3.05, 3.63) is 90.5 Å². The molecule has 5 aromatic rings. The van der Waals surface area contributed by atoms with E-state index in [1.165, 1.54) is 5.56 Å². The van der Waals surface area contributed by atoms with Gasteiger partial charge in [-0.2, -0.15) is 0 Å².